The van der Waals surface area contributed by atoms with Gasteiger partial charge in [-0.2, -0.15) is 11.8 Å². The fourth-order valence-electron chi connectivity index (χ4n) is 2.13. The summed E-state index contributed by atoms with van der Waals surface area (Å²) in [5.41, 5.74) is 1.19. The second-order valence-electron chi connectivity index (χ2n) is 5.32. The molecule has 1 aromatic heterocycles. The van der Waals surface area contributed by atoms with Crippen molar-refractivity contribution in [3.8, 4) is 0 Å². The minimum absolute atomic E-state index is 0.347. The molecule has 1 aromatic rings. The van der Waals surface area contributed by atoms with Crippen LogP contribution in [0.1, 0.15) is 31.3 Å². The Kier molecular flexibility index (Phi) is 4.56. The topological polar surface area (TPSA) is 28.2 Å². The number of aryl methyl sites for hydroxylation is 1. The molecular weight excluding hydrogens is 262 g/mol. The van der Waals surface area contributed by atoms with Crippen molar-refractivity contribution in [2.24, 2.45) is 0 Å². The Morgan fingerprint density at radius 1 is 1.44 bits per heavy atom. The van der Waals surface area contributed by atoms with Gasteiger partial charge in [-0.1, -0.05) is 6.92 Å². The summed E-state index contributed by atoms with van der Waals surface area (Å²) in [6, 6.07) is 0. The van der Waals surface area contributed by atoms with Crippen molar-refractivity contribution in [1.29, 1.82) is 0 Å². The van der Waals surface area contributed by atoms with Crippen LogP contribution in [-0.4, -0.2) is 35.1 Å². The van der Waals surface area contributed by atoms with Gasteiger partial charge in [0.15, 0.2) is 5.13 Å². The second-order valence-corrected chi connectivity index (χ2v) is 8.18. The van der Waals surface area contributed by atoms with Crippen LogP contribution in [0, 0.1) is 6.92 Å². The molecule has 3 nitrogen and oxygen atoms in total. The van der Waals surface area contributed by atoms with E-state index in [2.05, 4.69) is 49.7 Å². The zero-order valence-electron chi connectivity index (χ0n) is 11.7. The standard InChI is InChI=1S/C13H23N3S2/c1-5-14-8-11-10(2)15-12(18-11)16-6-7-17-13(3,4)9-16/h14H,5-9H2,1-4H3. The molecule has 0 unspecified atom stereocenters. The van der Waals surface area contributed by atoms with Crippen LogP contribution in [0.25, 0.3) is 0 Å². The van der Waals surface area contributed by atoms with E-state index < -0.39 is 0 Å². The van der Waals surface area contributed by atoms with Crippen LogP contribution in [0.4, 0.5) is 5.13 Å². The Hall–Kier alpha value is -0.260. The number of hydrogen-bond acceptors (Lipinski definition) is 5. The zero-order valence-corrected chi connectivity index (χ0v) is 13.4. The molecule has 0 amide bonds. The van der Waals surface area contributed by atoms with Gasteiger partial charge in [-0.15, -0.1) is 11.3 Å². The molecule has 1 saturated heterocycles. The Morgan fingerprint density at radius 3 is 2.89 bits per heavy atom. The third kappa shape index (κ3) is 3.39. The highest BCUT2D eigenvalue weighted by Gasteiger charge is 2.28. The number of rotatable bonds is 4. The van der Waals surface area contributed by atoms with Crippen molar-refractivity contribution < 1.29 is 0 Å². The smallest absolute Gasteiger partial charge is 0.185 e. The molecular formula is C13H23N3S2. The molecule has 18 heavy (non-hydrogen) atoms. The number of nitrogens with zero attached hydrogens (tertiary/aromatic N) is 2. The highest BCUT2D eigenvalue weighted by molar-refractivity contribution is 8.00. The van der Waals surface area contributed by atoms with Gasteiger partial charge >= 0.3 is 0 Å². The van der Waals surface area contributed by atoms with Crippen molar-refractivity contribution in [3.05, 3.63) is 10.6 Å². The summed E-state index contributed by atoms with van der Waals surface area (Å²) in [6.45, 7) is 13.1. The van der Waals surface area contributed by atoms with Crippen molar-refractivity contribution >= 4 is 28.2 Å². The van der Waals surface area contributed by atoms with E-state index in [1.165, 1.54) is 21.5 Å². The van der Waals surface area contributed by atoms with Crippen LogP contribution in [0.2, 0.25) is 0 Å². The average Bonchev–Trinajstić information content (AvgIpc) is 2.67. The molecule has 0 radical (unpaired) electrons. The van der Waals surface area contributed by atoms with Gasteiger partial charge in [-0.25, -0.2) is 4.98 Å². The first kappa shape index (κ1) is 14.2. The summed E-state index contributed by atoms with van der Waals surface area (Å²) >= 11 is 3.92. The van der Waals surface area contributed by atoms with Crippen LogP contribution in [0.5, 0.6) is 0 Å². The molecule has 1 aliphatic heterocycles. The van der Waals surface area contributed by atoms with E-state index in [9.17, 15) is 0 Å². The van der Waals surface area contributed by atoms with Crippen molar-refractivity contribution in [2.75, 3.05) is 30.3 Å². The molecule has 0 aliphatic carbocycles. The van der Waals surface area contributed by atoms with Crippen LogP contribution < -0.4 is 10.2 Å². The van der Waals surface area contributed by atoms with E-state index in [4.69, 9.17) is 4.98 Å². The first-order chi connectivity index (χ1) is 8.52. The summed E-state index contributed by atoms with van der Waals surface area (Å²) in [5, 5.41) is 4.59. The average molecular weight is 285 g/mol. The lowest BCUT2D eigenvalue weighted by Crippen LogP contribution is -2.43. The lowest BCUT2D eigenvalue weighted by Gasteiger charge is -2.37. The maximum atomic E-state index is 4.75. The SMILES string of the molecule is CCNCc1sc(N2CCSC(C)(C)C2)nc1C. The fourth-order valence-corrected chi connectivity index (χ4v) is 4.30. The van der Waals surface area contributed by atoms with E-state index in [0.29, 0.717) is 4.75 Å². The molecule has 2 rings (SSSR count). The van der Waals surface area contributed by atoms with Crippen LogP contribution >= 0.6 is 23.1 Å². The lowest BCUT2D eigenvalue weighted by molar-refractivity contribution is 0.646. The quantitative estimate of drug-likeness (QED) is 0.921. The monoisotopic (exact) mass is 285 g/mol. The normalized spacial score (nSPS) is 19.2. The molecule has 102 valence electrons. The van der Waals surface area contributed by atoms with E-state index in [1.807, 2.05) is 11.3 Å². The fraction of sp³-hybridized carbons (Fsp3) is 0.769. The van der Waals surface area contributed by atoms with Crippen LogP contribution in [0.3, 0.4) is 0 Å². The largest absolute Gasteiger partial charge is 0.346 e. The van der Waals surface area contributed by atoms with Crippen molar-refractivity contribution in [3.63, 3.8) is 0 Å². The van der Waals surface area contributed by atoms with E-state index in [1.54, 1.807) is 0 Å². The summed E-state index contributed by atoms with van der Waals surface area (Å²) in [5.74, 6) is 1.20. The third-order valence-corrected chi connectivity index (χ3v) is 5.63. The molecule has 0 atom stereocenters. The van der Waals surface area contributed by atoms with Gasteiger partial charge in [0.2, 0.25) is 0 Å². The first-order valence-corrected chi connectivity index (χ1v) is 8.38. The Bertz CT molecular complexity index is 401. The van der Waals surface area contributed by atoms with Crippen LogP contribution in [-0.2, 0) is 6.54 Å². The van der Waals surface area contributed by atoms with Crippen LogP contribution in [0.15, 0.2) is 0 Å². The first-order valence-electron chi connectivity index (χ1n) is 6.58. The van der Waals surface area contributed by atoms with E-state index in [-0.39, 0.29) is 0 Å². The minimum Gasteiger partial charge on any atom is -0.346 e. The maximum Gasteiger partial charge on any atom is 0.185 e. The summed E-state index contributed by atoms with van der Waals surface area (Å²) in [7, 11) is 0. The van der Waals surface area contributed by atoms with Gasteiger partial charge in [0.05, 0.1) is 5.69 Å². The van der Waals surface area contributed by atoms with Crippen molar-refractivity contribution in [1.82, 2.24) is 10.3 Å². The molecule has 0 spiro atoms. The van der Waals surface area contributed by atoms with E-state index >= 15 is 0 Å². The molecule has 0 saturated carbocycles. The van der Waals surface area contributed by atoms with Gasteiger partial charge < -0.3 is 10.2 Å². The number of aromatic nitrogens is 1. The molecule has 2 heterocycles. The number of thioether (sulfide) groups is 1. The predicted octanol–water partition coefficient (Wildman–Crippen LogP) is 2.89. The third-order valence-electron chi connectivity index (χ3n) is 3.11. The highest BCUT2D eigenvalue weighted by Crippen LogP contribution is 2.34. The van der Waals surface area contributed by atoms with Gasteiger partial charge in [0.1, 0.15) is 0 Å². The van der Waals surface area contributed by atoms with E-state index in [0.717, 1.165) is 26.2 Å². The maximum absolute atomic E-state index is 4.75. The van der Waals surface area contributed by atoms with Gasteiger partial charge in [-0.3, -0.25) is 0 Å². The lowest BCUT2D eigenvalue weighted by atomic mass is 10.2. The summed E-state index contributed by atoms with van der Waals surface area (Å²) in [6.07, 6.45) is 0. The second kappa shape index (κ2) is 5.80. The molecule has 5 heteroatoms. The Labute approximate surface area is 118 Å². The van der Waals surface area contributed by atoms with Gasteiger partial charge in [0.25, 0.3) is 0 Å². The molecule has 1 fully saturated rings. The Balaban J connectivity index is 2.08. The Morgan fingerprint density at radius 2 is 2.22 bits per heavy atom. The molecule has 0 bridgehead atoms. The molecule has 0 aromatic carbocycles. The summed E-state index contributed by atoms with van der Waals surface area (Å²) < 4.78 is 0.347. The minimum atomic E-state index is 0.347. The number of hydrogen-bond donors (Lipinski definition) is 1. The van der Waals surface area contributed by atoms with Gasteiger partial charge in [0, 0.05) is 35.0 Å². The predicted molar refractivity (Wildman–Crippen MR) is 83.0 cm³/mol. The zero-order chi connectivity index (χ0) is 13.2. The highest BCUT2D eigenvalue weighted by atomic mass is 32.2. The van der Waals surface area contributed by atoms with Crippen molar-refractivity contribution in [2.45, 2.75) is 39.0 Å². The summed E-state index contributed by atoms with van der Waals surface area (Å²) in [4.78, 5) is 8.57. The van der Waals surface area contributed by atoms with Gasteiger partial charge in [-0.05, 0) is 27.3 Å². The number of thiazole rings is 1. The number of anilines is 1. The number of nitrogens with one attached hydrogen (secondary N) is 1. The molecule has 1 N–H and O–H groups in total. The molecule has 1 aliphatic rings.